The van der Waals surface area contributed by atoms with E-state index in [2.05, 4.69) is 44.3 Å². The van der Waals surface area contributed by atoms with Gasteiger partial charge in [0, 0.05) is 11.6 Å². The van der Waals surface area contributed by atoms with E-state index in [-0.39, 0.29) is 0 Å². The predicted molar refractivity (Wildman–Crippen MR) is 71.5 cm³/mol. The second kappa shape index (κ2) is 5.54. The van der Waals surface area contributed by atoms with Crippen LogP contribution in [0.1, 0.15) is 43.9 Å². The lowest BCUT2D eigenvalue weighted by molar-refractivity contribution is 0.294. The van der Waals surface area contributed by atoms with Crippen LogP contribution in [0.3, 0.4) is 0 Å². The van der Waals surface area contributed by atoms with Gasteiger partial charge >= 0.3 is 0 Å². The predicted octanol–water partition coefficient (Wildman–Crippen LogP) is 3.45. The Labute approximate surface area is 104 Å². The summed E-state index contributed by atoms with van der Waals surface area (Å²) >= 11 is 0. The Bertz CT molecular complexity index is 371. The third-order valence-corrected chi connectivity index (χ3v) is 3.31. The molecule has 1 atom stereocenters. The Balaban J connectivity index is 2.10. The minimum Gasteiger partial charge on any atom is -0.493 e. The summed E-state index contributed by atoms with van der Waals surface area (Å²) in [4.78, 5) is 0. The van der Waals surface area contributed by atoms with Crippen LogP contribution in [-0.4, -0.2) is 13.2 Å². The maximum atomic E-state index is 5.94. The molecule has 94 valence electrons. The van der Waals surface area contributed by atoms with Gasteiger partial charge in [-0.1, -0.05) is 24.6 Å². The van der Waals surface area contributed by atoms with E-state index in [4.69, 9.17) is 4.74 Å². The van der Waals surface area contributed by atoms with E-state index >= 15 is 0 Å². The molecule has 1 aromatic carbocycles. The van der Waals surface area contributed by atoms with Crippen LogP contribution in [0.4, 0.5) is 0 Å². The molecule has 0 saturated heterocycles. The highest BCUT2D eigenvalue weighted by Gasteiger charge is 2.22. The first-order valence-electron chi connectivity index (χ1n) is 6.67. The van der Waals surface area contributed by atoms with Gasteiger partial charge in [-0.3, -0.25) is 0 Å². The molecule has 2 heteroatoms. The third-order valence-electron chi connectivity index (χ3n) is 3.31. The number of benzene rings is 1. The van der Waals surface area contributed by atoms with Crippen molar-refractivity contribution in [1.82, 2.24) is 5.32 Å². The Morgan fingerprint density at radius 1 is 1.41 bits per heavy atom. The largest absolute Gasteiger partial charge is 0.493 e. The standard InChI is InChI=1S/C15H23NO/c1-4-16-12(3)14-9-11(2)5-8-15(14)17-10-13-6-7-13/h5,8-9,12-13,16H,4,6-7,10H2,1-3H3. The summed E-state index contributed by atoms with van der Waals surface area (Å²) in [7, 11) is 0. The first kappa shape index (κ1) is 12.4. The maximum Gasteiger partial charge on any atom is 0.124 e. The molecule has 17 heavy (non-hydrogen) atoms. The molecule has 1 aliphatic carbocycles. The van der Waals surface area contributed by atoms with Crippen molar-refractivity contribution in [2.75, 3.05) is 13.2 Å². The van der Waals surface area contributed by atoms with E-state index in [9.17, 15) is 0 Å². The van der Waals surface area contributed by atoms with Gasteiger partial charge in [-0.25, -0.2) is 0 Å². The fourth-order valence-corrected chi connectivity index (χ4v) is 2.05. The highest BCUT2D eigenvalue weighted by molar-refractivity contribution is 5.39. The molecule has 0 aliphatic heterocycles. The zero-order valence-corrected chi connectivity index (χ0v) is 11.1. The van der Waals surface area contributed by atoms with Gasteiger partial charge < -0.3 is 10.1 Å². The lowest BCUT2D eigenvalue weighted by Crippen LogP contribution is -2.19. The SMILES string of the molecule is CCNC(C)c1cc(C)ccc1OCC1CC1. The molecule has 2 rings (SSSR count). The average molecular weight is 233 g/mol. The number of hydrogen-bond donors (Lipinski definition) is 1. The summed E-state index contributed by atoms with van der Waals surface area (Å²) in [6, 6.07) is 6.83. The van der Waals surface area contributed by atoms with Gasteiger partial charge in [0.15, 0.2) is 0 Å². The lowest BCUT2D eigenvalue weighted by Gasteiger charge is -2.18. The van der Waals surface area contributed by atoms with Crippen LogP contribution in [0.15, 0.2) is 18.2 Å². The number of hydrogen-bond acceptors (Lipinski definition) is 2. The molecule has 1 unspecified atom stereocenters. The van der Waals surface area contributed by atoms with Gasteiger partial charge in [-0.2, -0.15) is 0 Å². The number of aryl methyl sites for hydroxylation is 1. The van der Waals surface area contributed by atoms with Crippen molar-refractivity contribution in [1.29, 1.82) is 0 Å². The smallest absolute Gasteiger partial charge is 0.124 e. The molecule has 1 aliphatic rings. The second-order valence-electron chi connectivity index (χ2n) is 5.08. The van der Waals surface area contributed by atoms with Crippen molar-refractivity contribution in [3.63, 3.8) is 0 Å². The van der Waals surface area contributed by atoms with Crippen molar-refractivity contribution in [3.05, 3.63) is 29.3 Å². The fraction of sp³-hybridized carbons (Fsp3) is 0.600. The van der Waals surface area contributed by atoms with Crippen LogP contribution in [-0.2, 0) is 0 Å². The summed E-state index contributed by atoms with van der Waals surface area (Å²) in [5, 5.41) is 3.45. The highest BCUT2D eigenvalue weighted by Crippen LogP contribution is 2.32. The third kappa shape index (κ3) is 3.47. The minimum absolute atomic E-state index is 0.356. The molecule has 0 bridgehead atoms. The van der Waals surface area contributed by atoms with Gasteiger partial charge in [0.2, 0.25) is 0 Å². The van der Waals surface area contributed by atoms with Gasteiger partial charge in [-0.15, -0.1) is 0 Å². The Hall–Kier alpha value is -1.02. The van der Waals surface area contributed by atoms with E-state index in [0.29, 0.717) is 6.04 Å². The molecule has 1 aromatic rings. The van der Waals surface area contributed by atoms with Gasteiger partial charge in [-0.05, 0) is 45.2 Å². The van der Waals surface area contributed by atoms with Gasteiger partial charge in [0.25, 0.3) is 0 Å². The van der Waals surface area contributed by atoms with Crippen molar-refractivity contribution in [2.24, 2.45) is 5.92 Å². The van der Waals surface area contributed by atoms with Gasteiger partial charge in [0.1, 0.15) is 5.75 Å². The quantitative estimate of drug-likeness (QED) is 0.812. The normalized spacial score (nSPS) is 16.9. The monoisotopic (exact) mass is 233 g/mol. The molecular weight excluding hydrogens is 210 g/mol. The number of ether oxygens (including phenoxy) is 1. The van der Waals surface area contributed by atoms with Crippen LogP contribution in [0.2, 0.25) is 0 Å². The first-order valence-corrected chi connectivity index (χ1v) is 6.67. The van der Waals surface area contributed by atoms with Crippen molar-refractivity contribution in [3.8, 4) is 5.75 Å². The van der Waals surface area contributed by atoms with E-state index in [1.807, 2.05) is 0 Å². The molecule has 0 aromatic heterocycles. The fourth-order valence-electron chi connectivity index (χ4n) is 2.05. The van der Waals surface area contributed by atoms with Crippen LogP contribution in [0.25, 0.3) is 0 Å². The summed E-state index contributed by atoms with van der Waals surface area (Å²) in [6.45, 7) is 8.33. The molecular formula is C15H23NO. The summed E-state index contributed by atoms with van der Waals surface area (Å²) in [5.41, 5.74) is 2.58. The molecule has 1 fully saturated rings. The summed E-state index contributed by atoms with van der Waals surface area (Å²) < 4.78 is 5.94. The summed E-state index contributed by atoms with van der Waals surface area (Å²) in [5.74, 6) is 1.86. The van der Waals surface area contributed by atoms with Crippen molar-refractivity contribution < 1.29 is 4.74 Å². The molecule has 0 radical (unpaired) electrons. The molecule has 1 N–H and O–H groups in total. The average Bonchev–Trinajstić information content (AvgIpc) is 3.11. The Kier molecular flexibility index (Phi) is 4.06. The number of rotatable bonds is 6. The second-order valence-corrected chi connectivity index (χ2v) is 5.08. The van der Waals surface area contributed by atoms with Crippen LogP contribution < -0.4 is 10.1 Å². The van der Waals surface area contributed by atoms with E-state index in [1.54, 1.807) is 0 Å². The van der Waals surface area contributed by atoms with E-state index in [0.717, 1.165) is 24.8 Å². The maximum absolute atomic E-state index is 5.94. The van der Waals surface area contributed by atoms with Crippen molar-refractivity contribution >= 4 is 0 Å². The Morgan fingerprint density at radius 3 is 2.82 bits per heavy atom. The lowest BCUT2D eigenvalue weighted by atomic mass is 10.0. The minimum atomic E-state index is 0.356. The van der Waals surface area contributed by atoms with Crippen LogP contribution in [0.5, 0.6) is 5.75 Å². The van der Waals surface area contributed by atoms with E-state index in [1.165, 1.54) is 24.0 Å². The zero-order chi connectivity index (χ0) is 12.3. The molecule has 0 heterocycles. The zero-order valence-electron chi connectivity index (χ0n) is 11.1. The topological polar surface area (TPSA) is 21.3 Å². The van der Waals surface area contributed by atoms with Crippen LogP contribution in [0, 0.1) is 12.8 Å². The molecule has 0 amide bonds. The number of nitrogens with one attached hydrogen (secondary N) is 1. The summed E-state index contributed by atoms with van der Waals surface area (Å²) in [6.07, 6.45) is 2.67. The van der Waals surface area contributed by atoms with Gasteiger partial charge in [0.05, 0.1) is 6.61 Å². The molecule has 0 spiro atoms. The molecule has 2 nitrogen and oxygen atoms in total. The first-order chi connectivity index (χ1) is 8.20. The molecule has 1 saturated carbocycles. The van der Waals surface area contributed by atoms with Crippen molar-refractivity contribution in [2.45, 2.75) is 39.7 Å². The van der Waals surface area contributed by atoms with Crippen LogP contribution >= 0.6 is 0 Å². The Morgan fingerprint density at radius 2 is 2.18 bits per heavy atom. The highest BCUT2D eigenvalue weighted by atomic mass is 16.5. The van der Waals surface area contributed by atoms with E-state index < -0.39 is 0 Å².